The Morgan fingerprint density at radius 2 is 1.11 bits per heavy atom. The van der Waals surface area contributed by atoms with Crippen molar-refractivity contribution in [2.75, 3.05) is 6.61 Å². The molecule has 8 fully saturated rings. The van der Waals surface area contributed by atoms with E-state index in [-0.39, 0.29) is 67.5 Å². The molecule has 0 radical (unpaired) electrons. The monoisotopic (exact) mass is 910 g/mol. The summed E-state index contributed by atoms with van der Waals surface area (Å²) in [7, 11) is 0. The number of aliphatic hydroxyl groups is 7. The normalized spacial score (nSPS) is 55.5. The molecule has 64 heavy (non-hydrogen) atoms. The number of cyclic esters (lactones) is 1. The van der Waals surface area contributed by atoms with Crippen LogP contribution in [0.15, 0.2) is 11.6 Å². The number of ether oxygens (including phenoxy) is 9. The highest BCUT2D eigenvalue weighted by Crippen LogP contribution is 2.70. The minimum absolute atomic E-state index is 0.0536. The summed E-state index contributed by atoms with van der Waals surface area (Å²) in [5, 5.41) is 78.4. The highest BCUT2D eigenvalue weighted by molar-refractivity contribution is 5.85. The number of aliphatic hydroxyl groups excluding tert-OH is 6. The van der Waals surface area contributed by atoms with Gasteiger partial charge in [-0.3, -0.25) is 0 Å². The highest BCUT2D eigenvalue weighted by Gasteiger charge is 2.71. The molecule has 0 unspecified atom stereocenters. The molecule has 5 heterocycles. The zero-order chi connectivity index (χ0) is 45.6. The number of hydrogen-bond acceptors (Lipinski definition) is 17. The number of carbonyl (C=O) groups excluding carboxylic acids is 1. The summed E-state index contributed by atoms with van der Waals surface area (Å²) in [6.45, 7) is 11.6. The lowest BCUT2D eigenvalue weighted by molar-refractivity contribution is -0.344. The van der Waals surface area contributed by atoms with Gasteiger partial charge in [0, 0.05) is 37.2 Å². The van der Waals surface area contributed by atoms with Crippen molar-refractivity contribution in [1.29, 1.82) is 0 Å². The molecule has 9 rings (SSSR count). The third-order valence-electron chi connectivity index (χ3n) is 17.9. The molecule has 0 aromatic carbocycles. The second-order valence-corrected chi connectivity index (χ2v) is 21.5. The Morgan fingerprint density at radius 1 is 0.594 bits per heavy atom. The van der Waals surface area contributed by atoms with Gasteiger partial charge in [-0.15, -0.1) is 0 Å². The van der Waals surface area contributed by atoms with Crippen molar-refractivity contribution < 1.29 is 83.2 Å². The lowest BCUT2D eigenvalue weighted by Crippen LogP contribution is -2.67. The summed E-state index contributed by atoms with van der Waals surface area (Å²) in [5.41, 5.74) is -0.941. The molecule has 0 spiro atoms. The summed E-state index contributed by atoms with van der Waals surface area (Å²) < 4.78 is 54.5. The van der Waals surface area contributed by atoms with Crippen molar-refractivity contribution in [2.45, 2.75) is 235 Å². The SMILES string of the molecule is C[C@@H]1O[C@H](O[C@@H]2[C@H](O)C[C@H](O[C@@H]3[C@H](O)C[C@H](O[C@@H]4[C@H](O)C[C@H](O[C@H]5CC[C@@]6(C)[C@H](CC[C@@H]7[C@@H]6C[C@@H](O)[C@]6(C)[C@@H](C8=CC(=O)OC8)CC[C@]76O)C5)O[C@@H]4C)O[C@@H]3C)O[C@@H]2C)C[C@H](O)[C@H]1O. The van der Waals surface area contributed by atoms with Crippen LogP contribution in [0.25, 0.3) is 0 Å². The molecule has 4 saturated heterocycles. The fourth-order valence-electron chi connectivity index (χ4n) is 14.2. The zero-order valence-corrected chi connectivity index (χ0v) is 38.2. The van der Waals surface area contributed by atoms with Crippen LogP contribution in [-0.4, -0.2) is 165 Å². The molecule has 9 aliphatic rings. The molecule has 364 valence electrons. The topological polar surface area (TPSA) is 242 Å². The quantitative estimate of drug-likeness (QED) is 0.129. The van der Waals surface area contributed by atoms with E-state index in [2.05, 4.69) is 6.92 Å². The Morgan fingerprint density at radius 3 is 1.61 bits per heavy atom. The van der Waals surface area contributed by atoms with Crippen LogP contribution >= 0.6 is 0 Å². The van der Waals surface area contributed by atoms with E-state index >= 15 is 0 Å². The first-order chi connectivity index (χ1) is 30.3. The molecule has 0 amide bonds. The Balaban J connectivity index is 0.738. The van der Waals surface area contributed by atoms with Crippen LogP contribution in [0, 0.1) is 34.5 Å². The maximum Gasteiger partial charge on any atom is 0.331 e. The van der Waals surface area contributed by atoms with E-state index in [1.165, 1.54) is 0 Å². The second-order valence-electron chi connectivity index (χ2n) is 21.5. The minimum atomic E-state index is -1.03. The van der Waals surface area contributed by atoms with Crippen LogP contribution < -0.4 is 0 Å². The summed E-state index contributed by atoms with van der Waals surface area (Å²) in [4.78, 5) is 12.0. The van der Waals surface area contributed by atoms with E-state index in [1.807, 2.05) is 13.8 Å². The van der Waals surface area contributed by atoms with Crippen molar-refractivity contribution in [3.8, 4) is 0 Å². The van der Waals surface area contributed by atoms with Gasteiger partial charge in [0.2, 0.25) is 0 Å². The molecule has 17 nitrogen and oxygen atoms in total. The summed E-state index contributed by atoms with van der Waals surface area (Å²) in [6, 6.07) is 0. The Kier molecular flexibility index (Phi) is 13.5. The first-order valence-corrected chi connectivity index (χ1v) is 24.2. The molecule has 4 saturated carbocycles. The fourth-order valence-corrected chi connectivity index (χ4v) is 14.2. The van der Waals surface area contributed by atoms with Crippen molar-refractivity contribution >= 4 is 5.97 Å². The van der Waals surface area contributed by atoms with Gasteiger partial charge in [0.05, 0.1) is 66.6 Å². The van der Waals surface area contributed by atoms with Crippen molar-refractivity contribution in [2.24, 2.45) is 34.5 Å². The van der Waals surface area contributed by atoms with Gasteiger partial charge in [0.1, 0.15) is 31.0 Å². The lowest BCUT2D eigenvalue weighted by Gasteiger charge is -2.65. The second kappa shape index (κ2) is 18.2. The Hall–Kier alpha value is -1.39. The van der Waals surface area contributed by atoms with Crippen LogP contribution in [0.2, 0.25) is 0 Å². The van der Waals surface area contributed by atoms with E-state index in [0.717, 1.165) is 44.1 Å². The minimum Gasteiger partial charge on any atom is -0.458 e. The molecule has 17 heteroatoms. The zero-order valence-electron chi connectivity index (χ0n) is 38.2. The van der Waals surface area contributed by atoms with Crippen LogP contribution in [0.5, 0.6) is 0 Å². The Labute approximate surface area is 376 Å². The van der Waals surface area contributed by atoms with Gasteiger partial charge in [-0.1, -0.05) is 13.8 Å². The first kappa shape index (κ1) is 47.7. The van der Waals surface area contributed by atoms with Gasteiger partial charge in [-0.25, -0.2) is 4.79 Å². The van der Waals surface area contributed by atoms with Gasteiger partial charge < -0.3 is 78.4 Å². The molecule has 5 aliphatic heterocycles. The van der Waals surface area contributed by atoms with Crippen LogP contribution in [-0.2, 0) is 47.4 Å². The lowest BCUT2D eigenvalue weighted by atomic mass is 9.42. The number of hydrogen-bond donors (Lipinski definition) is 7. The van der Waals surface area contributed by atoms with Gasteiger partial charge in [-0.2, -0.15) is 0 Å². The van der Waals surface area contributed by atoms with Gasteiger partial charge in [-0.05, 0) is 114 Å². The Bertz CT molecular complexity index is 1650. The third kappa shape index (κ3) is 8.45. The smallest absolute Gasteiger partial charge is 0.331 e. The van der Waals surface area contributed by atoms with Crippen LogP contribution in [0.1, 0.15) is 119 Å². The van der Waals surface area contributed by atoms with Crippen LogP contribution in [0.4, 0.5) is 0 Å². The average molecular weight is 911 g/mol. The molecule has 0 bridgehead atoms. The van der Waals surface area contributed by atoms with E-state index in [1.54, 1.807) is 26.8 Å². The highest BCUT2D eigenvalue weighted by atomic mass is 16.8. The molecule has 4 aliphatic carbocycles. The van der Waals surface area contributed by atoms with E-state index in [0.29, 0.717) is 18.8 Å². The predicted octanol–water partition coefficient (Wildman–Crippen LogP) is 2.10. The largest absolute Gasteiger partial charge is 0.458 e. The number of esters is 1. The average Bonchev–Trinajstić information content (AvgIpc) is 3.78. The molecule has 0 aromatic heterocycles. The van der Waals surface area contributed by atoms with Crippen molar-refractivity contribution in [3.63, 3.8) is 0 Å². The van der Waals surface area contributed by atoms with Gasteiger partial charge in [0.25, 0.3) is 0 Å². The van der Waals surface area contributed by atoms with Gasteiger partial charge in [0.15, 0.2) is 25.2 Å². The molecular formula is C47H74O17. The molecular weight excluding hydrogens is 837 g/mol. The number of fused-ring (bicyclic) bond motifs is 5. The van der Waals surface area contributed by atoms with Gasteiger partial charge >= 0.3 is 5.97 Å². The third-order valence-corrected chi connectivity index (χ3v) is 17.9. The summed E-state index contributed by atoms with van der Waals surface area (Å²) in [6.07, 6.45) is -5.28. The van der Waals surface area contributed by atoms with Crippen molar-refractivity contribution in [3.05, 3.63) is 11.6 Å². The first-order valence-electron chi connectivity index (χ1n) is 24.2. The molecule has 7 N–H and O–H groups in total. The fraction of sp³-hybridized carbons (Fsp3) is 0.936. The van der Waals surface area contributed by atoms with E-state index < -0.39 is 116 Å². The van der Waals surface area contributed by atoms with Crippen molar-refractivity contribution in [1.82, 2.24) is 0 Å². The summed E-state index contributed by atoms with van der Waals surface area (Å²) >= 11 is 0. The maximum atomic E-state index is 12.6. The molecule has 0 aromatic rings. The standard InChI is InChI=1S/C47H74O17/c1-21-41(54)31(48)16-38(57-21)62-43-23(3)59-40(18-33(43)50)64-44-24(4)60-39(19-34(44)51)63-42-22(2)58-37(17-32(42)49)61-27-9-11-45(5)26(14-27)7-8-29-30(45)15-35(52)46(6)28(10-12-47(29,46)55)25-13-36(53)56-20-25/h13,21-24,26-35,37-44,48-52,54-55H,7-12,14-20H2,1-6H3/t21-,22+,23+,24+,26+,27-,28+,29+,30-,31-,32+,33+,34+,35+,37-,38+,39-,40-,41-,42-,43-,44-,45-,46-,47-/m0/s1. The molecule has 25 atom stereocenters. The maximum absolute atomic E-state index is 12.6. The van der Waals surface area contributed by atoms with Crippen LogP contribution in [0.3, 0.4) is 0 Å². The van der Waals surface area contributed by atoms with E-state index in [4.69, 9.17) is 42.6 Å². The van der Waals surface area contributed by atoms with E-state index in [9.17, 15) is 40.5 Å². The predicted molar refractivity (Wildman–Crippen MR) is 222 cm³/mol. The number of carbonyl (C=O) groups is 1. The summed E-state index contributed by atoms with van der Waals surface area (Å²) in [5.74, 6) is 0.144. The number of rotatable bonds is 9.